The standard InChI is InChI=1S/C22H29N3O/c1-16-14-24(19-11-9-18(10-12-19)22(3,4)5)15-17(2)25(16)21(26)20-8-6-7-13-23-20/h6-13,16-17H,14-15H2,1-5H3. The van der Waals surface area contributed by atoms with E-state index in [1.165, 1.54) is 11.3 Å². The van der Waals surface area contributed by atoms with Crippen LogP contribution in [-0.2, 0) is 5.41 Å². The molecule has 26 heavy (non-hydrogen) atoms. The molecule has 2 unspecified atom stereocenters. The fourth-order valence-corrected chi connectivity index (χ4v) is 3.73. The number of hydrogen-bond acceptors (Lipinski definition) is 3. The lowest BCUT2D eigenvalue weighted by molar-refractivity contribution is 0.0568. The SMILES string of the molecule is CC1CN(c2ccc(C(C)(C)C)cc2)CC(C)N1C(=O)c1ccccn1. The van der Waals surface area contributed by atoms with Crippen molar-refractivity contribution < 1.29 is 4.79 Å². The van der Waals surface area contributed by atoms with Crippen LogP contribution in [0.3, 0.4) is 0 Å². The van der Waals surface area contributed by atoms with Crippen molar-refractivity contribution in [2.24, 2.45) is 0 Å². The fourth-order valence-electron chi connectivity index (χ4n) is 3.73. The van der Waals surface area contributed by atoms with Crippen molar-refractivity contribution in [1.82, 2.24) is 9.88 Å². The third kappa shape index (κ3) is 3.74. The van der Waals surface area contributed by atoms with Crippen LogP contribution in [0.25, 0.3) is 0 Å². The van der Waals surface area contributed by atoms with Crippen LogP contribution in [0, 0.1) is 0 Å². The molecule has 0 bridgehead atoms. The zero-order valence-electron chi connectivity index (χ0n) is 16.4. The second-order valence-electron chi connectivity index (χ2n) is 8.33. The molecular weight excluding hydrogens is 322 g/mol. The van der Waals surface area contributed by atoms with Crippen LogP contribution < -0.4 is 4.90 Å². The van der Waals surface area contributed by atoms with Crippen LogP contribution in [0.4, 0.5) is 5.69 Å². The van der Waals surface area contributed by atoms with E-state index >= 15 is 0 Å². The maximum Gasteiger partial charge on any atom is 0.273 e. The molecule has 1 aliphatic rings. The van der Waals surface area contributed by atoms with Gasteiger partial charge in [-0.1, -0.05) is 39.0 Å². The molecule has 2 aromatic rings. The number of aromatic nitrogens is 1. The Morgan fingerprint density at radius 2 is 1.62 bits per heavy atom. The van der Waals surface area contributed by atoms with Crippen molar-refractivity contribution >= 4 is 11.6 Å². The van der Waals surface area contributed by atoms with Gasteiger partial charge in [0.05, 0.1) is 0 Å². The number of carbonyl (C=O) groups is 1. The van der Waals surface area contributed by atoms with E-state index in [0.717, 1.165) is 13.1 Å². The summed E-state index contributed by atoms with van der Waals surface area (Å²) in [5.74, 6) is 0.0216. The number of carbonyl (C=O) groups excluding carboxylic acids is 1. The monoisotopic (exact) mass is 351 g/mol. The van der Waals surface area contributed by atoms with Crippen molar-refractivity contribution in [2.45, 2.75) is 52.1 Å². The number of nitrogens with zero attached hydrogens (tertiary/aromatic N) is 3. The second-order valence-corrected chi connectivity index (χ2v) is 8.33. The predicted octanol–water partition coefficient (Wildman–Crippen LogP) is 4.12. The molecule has 1 aromatic heterocycles. The quantitative estimate of drug-likeness (QED) is 0.817. The van der Waals surface area contributed by atoms with E-state index < -0.39 is 0 Å². The largest absolute Gasteiger partial charge is 0.367 e. The van der Waals surface area contributed by atoms with Crippen LogP contribution in [0.15, 0.2) is 48.7 Å². The van der Waals surface area contributed by atoms with E-state index in [-0.39, 0.29) is 23.4 Å². The van der Waals surface area contributed by atoms with E-state index in [1.807, 2.05) is 17.0 Å². The molecule has 1 fully saturated rings. The molecule has 4 nitrogen and oxygen atoms in total. The molecule has 3 rings (SSSR count). The van der Waals surface area contributed by atoms with Gasteiger partial charge in [-0.2, -0.15) is 0 Å². The van der Waals surface area contributed by atoms with E-state index in [0.29, 0.717) is 5.69 Å². The van der Waals surface area contributed by atoms with Crippen molar-refractivity contribution in [1.29, 1.82) is 0 Å². The summed E-state index contributed by atoms with van der Waals surface area (Å²) < 4.78 is 0. The second kappa shape index (κ2) is 7.10. The summed E-state index contributed by atoms with van der Waals surface area (Å²) in [4.78, 5) is 21.4. The van der Waals surface area contributed by atoms with Crippen LogP contribution in [0.1, 0.15) is 50.7 Å². The van der Waals surface area contributed by atoms with Gasteiger partial charge in [-0.05, 0) is 49.1 Å². The van der Waals surface area contributed by atoms with Gasteiger partial charge in [0, 0.05) is 37.1 Å². The van der Waals surface area contributed by atoms with Crippen molar-refractivity contribution in [2.75, 3.05) is 18.0 Å². The Kier molecular flexibility index (Phi) is 5.03. The summed E-state index contributed by atoms with van der Waals surface area (Å²) in [6, 6.07) is 14.6. The Morgan fingerprint density at radius 3 is 2.12 bits per heavy atom. The Hall–Kier alpha value is -2.36. The van der Waals surface area contributed by atoms with Crippen molar-refractivity contribution in [3.8, 4) is 0 Å². The molecule has 1 aromatic carbocycles. The summed E-state index contributed by atoms with van der Waals surface area (Å²) in [5, 5.41) is 0. The fraction of sp³-hybridized carbons (Fsp3) is 0.455. The van der Waals surface area contributed by atoms with Gasteiger partial charge in [0.15, 0.2) is 0 Å². The number of pyridine rings is 1. The van der Waals surface area contributed by atoms with Crippen LogP contribution in [0.2, 0.25) is 0 Å². The summed E-state index contributed by atoms with van der Waals surface area (Å²) in [5.41, 5.74) is 3.24. The Balaban J connectivity index is 1.75. The number of amides is 1. The first-order chi connectivity index (χ1) is 12.3. The minimum absolute atomic E-state index is 0.0216. The van der Waals surface area contributed by atoms with Crippen LogP contribution >= 0.6 is 0 Å². The zero-order chi connectivity index (χ0) is 18.9. The minimum atomic E-state index is 0.0216. The zero-order valence-corrected chi connectivity index (χ0v) is 16.4. The lowest BCUT2D eigenvalue weighted by Crippen LogP contribution is -2.58. The van der Waals surface area contributed by atoms with Crippen LogP contribution in [0.5, 0.6) is 0 Å². The molecule has 1 saturated heterocycles. The lowest BCUT2D eigenvalue weighted by Gasteiger charge is -2.45. The normalized spacial score (nSPS) is 21.0. The first kappa shape index (κ1) is 18.4. The minimum Gasteiger partial charge on any atom is -0.367 e. The predicted molar refractivity (Wildman–Crippen MR) is 107 cm³/mol. The van der Waals surface area contributed by atoms with Gasteiger partial charge in [-0.15, -0.1) is 0 Å². The Labute approximate surface area is 156 Å². The number of anilines is 1. The maximum atomic E-state index is 12.9. The van der Waals surface area contributed by atoms with Gasteiger partial charge in [0.2, 0.25) is 0 Å². The summed E-state index contributed by atoms with van der Waals surface area (Å²) in [6.07, 6.45) is 1.68. The first-order valence-electron chi connectivity index (χ1n) is 9.36. The number of benzene rings is 1. The van der Waals surface area contributed by atoms with Gasteiger partial charge in [-0.3, -0.25) is 9.78 Å². The summed E-state index contributed by atoms with van der Waals surface area (Å²) in [6.45, 7) is 12.6. The van der Waals surface area contributed by atoms with Gasteiger partial charge >= 0.3 is 0 Å². The Bertz CT molecular complexity index is 737. The van der Waals surface area contributed by atoms with E-state index in [1.54, 1.807) is 12.3 Å². The van der Waals surface area contributed by atoms with Gasteiger partial charge in [0.1, 0.15) is 5.69 Å². The topological polar surface area (TPSA) is 36.4 Å². The molecule has 4 heteroatoms. The van der Waals surface area contributed by atoms with Crippen molar-refractivity contribution in [3.63, 3.8) is 0 Å². The van der Waals surface area contributed by atoms with Gasteiger partial charge < -0.3 is 9.80 Å². The maximum absolute atomic E-state index is 12.9. The molecule has 1 aliphatic heterocycles. The average Bonchev–Trinajstić information content (AvgIpc) is 2.61. The molecule has 2 heterocycles. The highest BCUT2D eigenvalue weighted by atomic mass is 16.2. The first-order valence-corrected chi connectivity index (χ1v) is 9.36. The third-order valence-electron chi connectivity index (χ3n) is 5.14. The molecule has 0 radical (unpaired) electrons. The summed E-state index contributed by atoms with van der Waals surface area (Å²) >= 11 is 0. The molecule has 138 valence electrons. The molecule has 0 spiro atoms. The number of hydrogen-bond donors (Lipinski definition) is 0. The Morgan fingerprint density at radius 1 is 1.00 bits per heavy atom. The van der Waals surface area contributed by atoms with E-state index in [9.17, 15) is 4.79 Å². The van der Waals surface area contributed by atoms with Crippen molar-refractivity contribution in [3.05, 3.63) is 59.9 Å². The van der Waals surface area contributed by atoms with E-state index in [4.69, 9.17) is 0 Å². The molecule has 0 N–H and O–H groups in total. The smallest absolute Gasteiger partial charge is 0.273 e. The highest BCUT2D eigenvalue weighted by molar-refractivity contribution is 5.92. The lowest BCUT2D eigenvalue weighted by atomic mass is 9.87. The average molecular weight is 351 g/mol. The molecule has 0 saturated carbocycles. The number of rotatable bonds is 2. The summed E-state index contributed by atoms with van der Waals surface area (Å²) in [7, 11) is 0. The molecule has 0 aliphatic carbocycles. The van der Waals surface area contributed by atoms with E-state index in [2.05, 4.69) is 68.8 Å². The molecule has 2 atom stereocenters. The molecule has 1 amide bonds. The van der Waals surface area contributed by atoms with Crippen LogP contribution in [-0.4, -0.2) is 41.0 Å². The van der Waals surface area contributed by atoms with Gasteiger partial charge in [0.25, 0.3) is 5.91 Å². The van der Waals surface area contributed by atoms with Gasteiger partial charge in [-0.25, -0.2) is 0 Å². The highest BCUT2D eigenvalue weighted by Crippen LogP contribution is 2.27. The third-order valence-corrected chi connectivity index (χ3v) is 5.14. The molecular formula is C22H29N3O. The highest BCUT2D eigenvalue weighted by Gasteiger charge is 2.34. The number of piperazine rings is 1.